The molecule has 0 aliphatic carbocycles. The Hall–Kier alpha value is -1.75. The summed E-state index contributed by atoms with van der Waals surface area (Å²) in [6, 6.07) is 4.97. The van der Waals surface area contributed by atoms with Crippen LogP contribution >= 0.6 is 0 Å². The number of aliphatic hydroxyl groups excluding tert-OH is 1. The summed E-state index contributed by atoms with van der Waals surface area (Å²) in [4.78, 5) is 11.1. The molecule has 0 fully saturated rings. The molecule has 1 aromatic rings. The highest BCUT2D eigenvalue weighted by Gasteiger charge is 2.26. The number of esters is 1. The molecule has 0 spiro atoms. The Morgan fingerprint density at radius 2 is 2.33 bits per heavy atom. The molecule has 1 unspecified atom stereocenters. The van der Waals surface area contributed by atoms with Crippen molar-refractivity contribution < 1.29 is 24.1 Å². The second kappa shape index (κ2) is 3.78. The minimum atomic E-state index is -1.34. The van der Waals surface area contributed by atoms with Gasteiger partial charge in [-0.25, -0.2) is 4.79 Å². The van der Waals surface area contributed by atoms with Gasteiger partial charge in [-0.05, 0) is 6.07 Å². The van der Waals surface area contributed by atoms with Crippen molar-refractivity contribution in [3.8, 4) is 11.5 Å². The Kier molecular flexibility index (Phi) is 2.47. The molecule has 1 N–H and O–H groups in total. The smallest absolute Gasteiger partial charge is 0.339 e. The lowest BCUT2D eigenvalue weighted by Gasteiger charge is -2.10. The van der Waals surface area contributed by atoms with Gasteiger partial charge in [-0.1, -0.05) is 12.1 Å². The molecule has 0 saturated carbocycles. The summed E-state index contributed by atoms with van der Waals surface area (Å²) in [5.74, 6) is 0.199. The van der Waals surface area contributed by atoms with Crippen molar-refractivity contribution in [2.45, 2.75) is 6.10 Å². The van der Waals surface area contributed by atoms with Crippen LogP contribution in [0.25, 0.3) is 0 Å². The monoisotopic (exact) mass is 210 g/mol. The summed E-state index contributed by atoms with van der Waals surface area (Å²) in [6.45, 7) is 0.0975. The van der Waals surface area contributed by atoms with Crippen LogP contribution in [0.5, 0.6) is 11.5 Å². The van der Waals surface area contributed by atoms with Gasteiger partial charge >= 0.3 is 5.97 Å². The lowest BCUT2D eigenvalue weighted by Crippen LogP contribution is -2.14. The number of ether oxygens (including phenoxy) is 3. The molecule has 1 heterocycles. The van der Waals surface area contributed by atoms with Crippen molar-refractivity contribution in [1.82, 2.24) is 0 Å². The first kappa shape index (κ1) is 9.79. The van der Waals surface area contributed by atoms with E-state index in [-0.39, 0.29) is 6.79 Å². The van der Waals surface area contributed by atoms with Crippen LogP contribution in [0.1, 0.15) is 11.7 Å². The highest BCUT2D eigenvalue weighted by molar-refractivity contribution is 5.77. The molecule has 1 aromatic carbocycles. The van der Waals surface area contributed by atoms with Gasteiger partial charge in [0.15, 0.2) is 17.6 Å². The number of benzene rings is 1. The molecule has 1 aliphatic heterocycles. The van der Waals surface area contributed by atoms with Crippen LogP contribution < -0.4 is 9.47 Å². The highest BCUT2D eigenvalue weighted by atomic mass is 16.7. The number of carbonyl (C=O) groups is 1. The van der Waals surface area contributed by atoms with Gasteiger partial charge in [0.25, 0.3) is 0 Å². The predicted molar refractivity (Wildman–Crippen MR) is 49.5 cm³/mol. The van der Waals surface area contributed by atoms with Gasteiger partial charge < -0.3 is 19.3 Å². The van der Waals surface area contributed by atoms with E-state index in [1.807, 2.05) is 0 Å². The van der Waals surface area contributed by atoms with Crippen LogP contribution in [-0.2, 0) is 9.53 Å². The normalized spacial score (nSPS) is 14.8. The standard InChI is InChI=1S/C10H10O5/c1-13-10(12)8(11)6-3-2-4-7-9(6)15-5-14-7/h2-4,8,11H,5H2,1H3. The van der Waals surface area contributed by atoms with E-state index in [1.54, 1.807) is 18.2 Å². The Morgan fingerprint density at radius 3 is 3.07 bits per heavy atom. The maximum atomic E-state index is 11.1. The van der Waals surface area contributed by atoms with Crippen molar-refractivity contribution in [3.63, 3.8) is 0 Å². The molecular formula is C10H10O5. The van der Waals surface area contributed by atoms with Gasteiger partial charge in [-0.3, -0.25) is 0 Å². The minimum absolute atomic E-state index is 0.0975. The number of para-hydroxylation sites is 1. The fraction of sp³-hybridized carbons (Fsp3) is 0.300. The average molecular weight is 210 g/mol. The Balaban J connectivity index is 2.36. The molecule has 1 atom stereocenters. The Labute approximate surface area is 86.2 Å². The van der Waals surface area contributed by atoms with E-state index in [4.69, 9.17) is 9.47 Å². The van der Waals surface area contributed by atoms with Crippen LogP contribution in [0.4, 0.5) is 0 Å². The molecule has 2 rings (SSSR count). The third-order valence-corrected chi connectivity index (χ3v) is 2.15. The van der Waals surface area contributed by atoms with E-state index >= 15 is 0 Å². The second-order valence-corrected chi connectivity index (χ2v) is 3.01. The summed E-state index contributed by atoms with van der Waals surface area (Å²) < 4.78 is 14.7. The van der Waals surface area contributed by atoms with Crippen LogP contribution in [-0.4, -0.2) is 25.0 Å². The number of carbonyl (C=O) groups excluding carboxylic acids is 1. The molecule has 0 saturated heterocycles. The van der Waals surface area contributed by atoms with Crippen molar-refractivity contribution in [2.75, 3.05) is 13.9 Å². The van der Waals surface area contributed by atoms with Crippen LogP contribution in [0.15, 0.2) is 18.2 Å². The molecule has 0 aromatic heterocycles. The molecule has 5 nitrogen and oxygen atoms in total. The summed E-state index contributed by atoms with van der Waals surface area (Å²) >= 11 is 0. The summed E-state index contributed by atoms with van der Waals surface area (Å²) in [7, 11) is 1.21. The number of rotatable bonds is 2. The molecule has 80 valence electrons. The third-order valence-electron chi connectivity index (χ3n) is 2.15. The first-order valence-corrected chi connectivity index (χ1v) is 4.38. The zero-order valence-corrected chi connectivity index (χ0v) is 8.10. The van der Waals surface area contributed by atoms with Gasteiger partial charge in [-0.2, -0.15) is 0 Å². The summed E-state index contributed by atoms with van der Waals surface area (Å²) in [5.41, 5.74) is 0.358. The lowest BCUT2D eigenvalue weighted by atomic mass is 10.1. The summed E-state index contributed by atoms with van der Waals surface area (Å²) in [6.07, 6.45) is -1.34. The molecular weight excluding hydrogens is 200 g/mol. The van der Waals surface area contributed by atoms with Crippen molar-refractivity contribution in [1.29, 1.82) is 0 Å². The van der Waals surface area contributed by atoms with Gasteiger partial charge in [0.2, 0.25) is 6.79 Å². The topological polar surface area (TPSA) is 65.0 Å². The van der Waals surface area contributed by atoms with Gasteiger partial charge in [0, 0.05) is 5.56 Å². The molecule has 0 radical (unpaired) electrons. The maximum Gasteiger partial charge on any atom is 0.339 e. The molecule has 15 heavy (non-hydrogen) atoms. The van der Waals surface area contributed by atoms with Crippen LogP contribution in [0.2, 0.25) is 0 Å². The number of hydrogen-bond donors (Lipinski definition) is 1. The van der Waals surface area contributed by atoms with E-state index < -0.39 is 12.1 Å². The van der Waals surface area contributed by atoms with E-state index in [0.29, 0.717) is 17.1 Å². The zero-order chi connectivity index (χ0) is 10.8. The average Bonchev–Trinajstić information content (AvgIpc) is 2.74. The fourth-order valence-corrected chi connectivity index (χ4v) is 1.41. The van der Waals surface area contributed by atoms with Gasteiger partial charge in [0.1, 0.15) is 0 Å². The van der Waals surface area contributed by atoms with Crippen LogP contribution in [0.3, 0.4) is 0 Å². The summed E-state index contributed by atoms with van der Waals surface area (Å²) in [5, 5.41) is 9.64. The first-order chi connectivity index (χ1) is 7.24. The maximum absolute atomic E-state index is 11.1. The van der Waals surface area contributed by atoms with Crippen molar-refractivity contribution in [3.05, 3.63) is 23.8 Å². The van der Waals surface area contributed by atoms with Crippen molar-refractivity contribution in [2.24, 2.45) is 0 Å². The van der Waals surface area contributed by atoms with Crippen LogP contribution in [0, 0.1) is 0 Å². The van der Waals surface area contributed by atoms with Gasteiger partial charge in [0.05, 0.1) is 7.11 Å². The number of aliphatic hydroxyl groups is 1. The second-order valence-electron chi connectivity index (χ2n) is 3.01. The Bertz CT molecular complexity index is 387. The number of methoxy groups -OCH3 is 1. The van der Waals surface area contributed by atoms with Crippen molar-refractivity contribution >= 4 is 5.97 Å². The molecule has 1 aliphatic rings. The lowest BCUT2D eigenvalue weighted by molar-refractivity contribution is -0.150. The SMILES string of the molecule is COC(=O)C(O)c1cccc2c1OCO2. The number of hydrogen-bond acceptors (Lipinski definition) is 5. The van der Waals surface area contributed by atoms with E-state index in [0.717, 1.165) is 0 Å². The highest BCUT2D eigenvalue weighted by Crippen LogP contribution is 2.38. The predicted octanol–water partition coefficient (Wildman–Crippen LogP) is 0.622. The third kappa shape index (κ3) is 1.61. The first-order valence-electron chi connectivity index (χ1n) is 4.38. The molecule has 0 amide bonds. The van der Waals surface area contributed by atoms with E-state index in [1.165, 1.54) is 7.11 Å². The number of fused-ring (bicyclic) bond motifs is 1. The molecule has 5 heteroatoms. The minimum Gasteiger partial charge on any atom is -0.467 e. The fourth-order valence-electron chi connectivity index (χ4n) is 1.41. The van der Waals surface area contributed by atoms with E-state index in [2.05, 4.69) is 4.74 Å². The van der Waals surface area contributed by atoms with E-state index in [9.17, 15) is 9.90 Å². The zero-order valence-electron chi connectivity index (χ0n) is 8.10. The Morgan fingerprint density at radius 1 is 1.53 bits per heavy atom. The largest absolute Gasteiger partial charge is 0.467 e. The van der Waals surface area contributed by atoms with Gasteiger partial charge in [-0.15, -0.1) is 0 Å². The quantitative estimate of drug-likeness (QED) is 0.725. The molecule has 0 bridgehead atoms.